The number of carboxylic acids is 1. The first-order chi connectivity index (χ1) is 8.35. The fraction of sp³-hybridized carbons (Fsp3) is 0.273. The Morgan fingerprint density at radius 2 is 1.94 bits per heavy atom. The van der Waals surface area contributed by atoms with Gasteiger partial charge in [0.2, 0.25) is 6.54 Å². The monoisotopic (exact) mass is 252 g/mol. The van der Waals surface area contributed by atoms with Crippen molar-refractivity contribution in [3.05, 3.63) is 46.0 Å². The highest BCUT2D eigenvalue weighted by atomic mass is 16.6. The summed E-state index contributed by atoms with van der Waals surface area (Å²) in [5.74, 6) is -2.12. The van der Waals surface area contributed by atoms with Crippen molar-refractivity contribution in [1.82, 2.24) is 5.32 Å². The standard InChI is InChI=1S/C11H12N2O5/c1-11(10(15)16,7-13(17)18)12-9(14)8-5-3-2-4-6-8/h2-6H,7H2,1H3,(H,12,14)(H,15,16). The van der Waals surface area contributed by atoms with Crippen molar-refractivity contribution in [2.75, 3.05) is 6.54 Å². The summed E-state index contributed by atoms with van der Waals surface area (Å²) in [5.41, 5.74) is -1.69. The van der Waals surface area contributed by atoms with Gasteiger partial charge in [-0.25, -0.2) is 4.79 Å². The predicted molar refractivity (Wildman–Crippen MR) is 61.8 cm³/mol. The van der Waals surface area contributed by atoms with Crippen molar-refractivity contribution in [3.8, 4) is 0 Å². The highest BCUT2D eigenvalue weighted by molar-refractivity contribution is 5.97. The average molecular weight is 252 g/mol. The molecule has 1 amide bonds. The highest BCUT2D eigenvalue weighted by Gasteiger charge is 2.40. The Kier molecular flexibility index (Phi) is 3.98. The summed E-state index contributed by atoms with van der Waals surface area (Å²) in [4.78, 5) is 32.4. The summed E-state index contributed by atoms with van der Waals surface area (Å²) >= 11 is 0. The minimum absolute atomic E-state index is 0.244. The van der Waals surface area contributed by atoms with Gasteiger partial charge in [0.1, 0.15) is 0 Å². The van der Waals surface area contributed by atoms with Crippen LogP contribution in [0, 0.1) is 10.1 Å². The van der Waals surface area contributed by atoms with E-state index in [0.29, 0.717) is 0 Å². The van der Waals surface area contributed by atoms with Gasteiger partial charge in [0.25, 0.3) is 5.91 Å². The molecule has 18 heavy (non-hydrogen) atoms. The summed E-state index contributed by atoms with van der Waals surface area (Å²) in [6.45, 7) is 0.208. The number of nitrogens with zero attached hydrogens (tertiary/aromatic N) is 1. The van der Waals surface area contributed by atoms with Crippen molar-refractivity contribution < 1.29 is 19.6 Å². The van der Waals surface area contributed by atoms with Gasteiger partial charge in [0, 0.05) is 10.5 Å². The van der Waals surface area contributed by atoms with E-state index in [0.717, 1.165) is 6.92 Å². The molecule has 0 bridgehead atoms. The molecule has 0 aliphatic rings. The van der Waals surface area contributed by atoms with Crippen LogP contribution in [-0.4, -0.2) is 34.0 Å². The summed E-state index contributed by atoms with van der Waals surface area (Å²) in [7, 11) is 0. The third-order valence-electron chi connectivity index (χ3n) is 2.34. The number of amides is 1. The molecule has 0 aliphatic heterocycles. The van der Waals surface area contributed by atoms with Crippen LogP contribution in [0.25, 0.3) is 0 Å². The fourth-order valence-corrected chi connectivity index (χ4v) is 1.33. The molecule has 7 heteroatoms. The second kappa shape index (κ2) is 5.26. The second-order valence-electron chi connectivity index (χ2n) is 3.95. The Bertz CT molecular complexity index is 474. The first-order valence-corrected chi connectivity index (χ1v) is 5.08. The molecule has 7 nitrogen and oxygen atoms in total. The molecule has 1 aromatic rings. The van der Waals surface area contributed by atoms with Crippen LogP contribution in [-0.2, 0) is 4.79 Å². The van der Waals surface area contributed by atoms with Crippen molar-refractivity contribution >= 4 is 11.9 Å². The predicted octanol–water partition coefficient (Wildman–Crippen LogP) is 0.536. The van der Waals surface area contributed by atoms with Crippen LogP contribution in [0.3, 0.4) is 0 Å². The van der Waals surface area contributed by atoms with E-state index in [1.807, 2.05) is 0 Å². The van der Waals surface area contributed by atoms with E-state index in [-0.39, 0.29) is 5.56 Å². The number of hydrogen-bond acceptors (Lipinski definition) is 4. The van der Waals surface area contributed by atoms with E-state index < -0.39 is 28.9 Å². The Hall–Kier alpha value is -2.44. The van der Waals surface area contributed by atoms with Gasteiger partial charge in [0.05, 0.1) is 0 Å². The van der Waals surface area contributed by atoms with Crippen molar-refractivity contribution in [2.24, 2.45) is 0 Å². The number of carbonyl (C=O) groups is 2. The van der Waals surface area contributed by atoms with Gasteiger partial charge in [-0.2, -0.15) is 0 Å². The van der Waals surface area contributed by atoms with Crippen LogP contribution in [0.4, 0.5) is 0 Å². The van der Waals surface area contributed by atoms with Gasteiger partial charge in [-0.15, -0.1) is 0 Å². The van der Waals surface area contributed by atoms with Crippen molar-refractivity contribution in [3.63, 3.8) is 0 Å². The molecule has 1 atom stereocenters. The molecule has 1 aromatic carbocycles. The molecule has 96 valence electrons. The first-order valence-electron chi connectivity index (χ1n) is 5.08. The highest BCUT2D eigenvalue weighted by Crippen LogP contribution is 2.07. The lowest BCUT2D eigenvalue weighted by molar-refractivity contribution is -0.487. The maximum absolute atomic E-state index is 11.7. The Morgan fingerprint density at radius 1 is 1.39 bits per heavy atom. The normalized spacial score (nSPS) is 13.4. The topological polar surface area (TPSA) is 110 Å². The molecule has 0 spiro atoms. The number of carbonyl (C=O) groups excluding carboxylic acids is 1. The molecular weight excluding hydrogens is 240 g/mol. The lowest BCUT2D eigenvalue weighted by Gasteiger charge is -2.21. The molecule has 0 heterocycles. The fourth-order valence-electron chi connectivity index (χ4n) is 1.33. The molecule has 0 saturated carbocycles. The third-order valence-corrected chi connectivity index (χ3v) is 2.34. The van der Waals surface area contributed by atoms with E-state index in [2.05, 4.69) is 5.32 Å². The minimum Gasteiger partial charge on any atom is -0.479 e. The maximum Gasteiger partial charge on any atom is 0.336 e. The zero-order chi connectivity index (χ0) is 13.8. The molecule has 0 fully saturated rings. The SMILES string of the molecule is CC(C[N+](=O)[O-])(NC(=O)c1ccccc1)C(=O)O. The Morgan fingerprint density at radius 3 is 2.39 bits per heavy atom. The minimum atomic E-state index is -1.93. The maximum atomic E-state index is 11.7. The molecule has 0 saturated heterocycles. The van der Waals surface area contributed by atoms with Crippen LogP contribution in [0.15, 0.2) is 30.3 Å². The Labute approximate surface area is 103 Å². The summed E-state index contributed by atoms with van der Waals surface area (Å²) < 4.78 is 0. The zero-order valence-electron chi connectivity index (χ0n) is 9.62. The zero-order valence-corrected chi connectivity index (χ0v) is 9.62. The largest absolute Gasteiger partial charge is 0.479 e. The average Bonchev–Trinajstić information content (AvgIpc) is 2.28. The van der Waals surface area contributed by atoms with Gasteiger partial charge >= 0.3 is 5.97 Å². The van der Waals surface area contributed by atoms with Crippen LogP contribution >= 0.6 is 0 Å². The lowest BCUT2D eigenvalue weighted by atomic mass is 10.0. The lowest BCUT2D eigenvalue weighted by Crippen LogP contribution is -2.56. The number of carboxylic acid groups (broad SMARTS) is 1. The van der Waals surface area contributed by atoms with Crippen molar-refractivity contribution in [2.45, 2.75) is 12.5 Å². The van der Waals surface area contributed by atoms with E-state index in [1.54, 1.807) is 18.2 Å². The van der Waals surface area contributed by atoms with Gasteiger partial charge in [-0.1, -0.05) is 18.2 Å². The number of benzene rings is 1. The third kappa shape index (κ3) is 3.27. The van der Waals surface area contributed by atoms with E-state index in [4.69, 9.17) is 5.11 Å². The molecule has 2 N–H and O–H groups in total. The van der Waals surface area contributed by atoms with Gasteiger partial charge in [0.15, 0.2) is 5.54 Å². The smallest absolute Gasteiger partial charge is 0.336 e. The summed E-state index contributed by atoms with van der Waals surface area (Å²) in [5, 5.41) is 21.5. The van der Waals surface area contributed by atoms with Crippen molar-refractivity contribution in [1.29, 1.82) is 0 Å². The second-order valence-corrected chi connectivity index (χ2v) is 3.95. The first kappa shape index (κ1) is 13.6. The molecule has 1 unspecified atom stereocenters. The van der Waals surface area contributed by atoms with Gasteiger partial charge in [-0.05, 0) is 19.1 Å². The van der Waals surface area contributed by atoms with Crippen LogP contribution in [0.2, 0.25) is 0 Å². The summed E-state index contributed by atoms with van der Waals surface area (Å²) in [6, 6.07) is 7.90. The number of hydrogen-bond donors (Lipinski definition) is 2. The van der Waals surface area contributed by atoms with Gasteiger partial charge in [-0.3, -0.25) is 14.9 Å². The molecule has 0 radical (unpaired) electrons. The van der Waals surface area contributed by atoms with Crippen LogP contribution < -0.4 is 5.32 Å². The number of nitro groups is 1. The molecule has 1 rings (SSSR count). The number of rotatable bonds is 5. The quantitative estimate of drug-likeness (QED) is 0.587. The number of aliphatic carboxylic acids is 1. The Balaban J connectivity index is 2.88. The van der Waals surface area contributed by atoms with Gasteiger partial charge < -0.3 is 10.4 Å². The van der Waals surface area contributed by atoms with Crippen LogP contribution in [0.5, 0.6) is 0 Å². The number of nitrogens with one attached hydrogen (secondary N) is 1. The van der Waals surface area contributed by atoms with E-state index in [9.17, 15) is 19.7 Å². The van der Waals surface area contributed by atoms with E-state index >= 15 is 0 Å². The molecule has 0 aromatic heterocycles. The molecule has 0 aliphatic carbocycles. The van der Waals surface area contributed by atoms with Crippen LogP contribution in [0.1, 0.15) is 17.3 Å². The molecular formula is C11H12N2O5. The van der Waals surface area contributed by atoms with E-state index in [1.165, 1.54) is 12.1 Å². The summed E-state index contributed by atoms with van der Waals surface area (Å²) in [6.07, 6.45) is 0.